The number of amides is 1. The first-order chi connectivity index (χ1) is 15.0. The van der Waals surface area contributed by atoms with Gasteiger partial charge in [0.05, 0.1) is 18.4 Å². The van der Waals surface area contributed by atoms with Crippen molar-refractivity contribution in [3.05, 3.63) is 70.8 Å². The first-order valence-corrected chi connectivity index (χ1v) is 9.73. The lowest BCUT2D eigenvalue weighted by atomic mass is 10.1. The Morgan fingerprint density at radius 1 is 1.19 bits per heavy atom. The second-order valence-electron chi connectivity index (χ2n) is 7.27. The van der Waals surface area contributed by atoms with Crippen molar-refractivity contribution in [1.82, 2.24) is 24.8 Å². The molecular weight excluding hydrogens is 394 g/mol. The normalized spacial score (nSPS) is 10.8. The van der Waals surface area contributed by atoms with Gasteiger partial charge in [0, 0.05) is 11.3 Å². The van der Waals surface area contributed by atoms with Gasteiger partial charge >= 0.3 is 0 Å². The fourth-order valence-electron chi connectivity index (χ4n) is 3.31. The van der Waals surface area contributed by atoms with Crippen LogP contribution < -0.4 is 5.32 Å². The molecule has 0 fully saturated rings. The minimum absolute atomic E-state index is 0.131. The monoisotopic (exact) mass is 415 g/mol. The quantitative estimate of drug-likeness (QED) is 0.517. The van der Waals surface area contributed by atoms with Gasteiger partial charge in [0.2, 0.25) is 11.7 Å². The minimum atomic E-state index is -0.359. The van der Waals surface area contributed by atoms with Crippen LogP contribution in [0.4, 0.5) is 5.82 Å². The number of aromatic nitrogens is 5. The topological polar surface area (TPSA) is 115 Å². The molecule has 0 saturated carbocycles. The van der Waals surface area contributed by atoms with Gasteiger partial charge in [-0.25, -0.2) is 0 Å². The van der Waals surface area contributed by atoms with Crippen molar-refractivity contribution in [3.8, 4) is 17.5 Å². The number of tetrazole rings is 1. The van der Waals surface area contributed by atoms with Crippen LogP contribution in [0.25, 0.3) is 11.4 Å². The van der Waals surface area contributed by atoms with E-state index >= 15 is 0 Å². The van der Waals surface area contributed by atoms with Crippen molar-refractivity contribution in [2.24, 2.45) is 0 Å². The summed E-state index contributed by atoms with van der Waals surface area (Å²) in [5.74, 6) is 1.23. The molecule has 0 unspecified atom stereocenters. The molecule has 3 aromatic heterocycles. The van der Waals surface area contributed by atoms with E-state index < -0.39 is 0 Å². The van der Waals surface area contributed by atoms with Crippen LogP contribution in [0, 0.1) is 32.1 Å². The van der Waals surface area contributed by atoms with Crippen LogP contribution in [0.1, 0.15) is 28.1 Å². The third-order valence-electron chi connectivity index (χ3n) is 5.14. The molecule has 4 aromatic rings. The molecule has 0 spiro atoms. The van der Waals surface area contributed by atoms with E-state index in [1.165, 1.54) is 4.80 Å². The third kappa shape index (κ3) is 4.09. The Morgan fingerprint density at radius 2 is 1.97 bits per heavy atom. The van der Waals surface area contributed by atoms with Gasteiger partial charge in [0.25, 0.3) is 0 Å². The molecule has 4 rings (SSSR count). The first kappa shape index (κ1) is 20.1. The number of carbonyl (C=O) groups is 1. The summed E-state index contributed by atoms with van der Waals surface area (Å²) in [4.78, 5) is 14.0. The van der Waals surface area contributed by atoms with E-state index in [9.17, 15) is 10.1 Å². The van der Waals surface area contributed by atoms with Gasteiger partial charge in [-0.2, -0.15) is 10.1 Å². The maximum absolute atomic E-state index is 12.7. The van der Waals surface area contributed by atoms with Crippen LogP contribution in [-0.2, 0) is 17.9 Å². The molecular formula is C22H21N7O2. The lowest BCUT2D eigenvalue weighted by molar-refractivity contribution is -0.117. The number of hydrogen-bond donors (Lipinski definition) is 1. The van der Waals surface area contributed by atoms with E-state index in [0.717, 1.165) is 28.1 Å². The molecule has 1 N–H and O–H groups in total. The van der Waals surface area contributed by atoms with Crippen molar-refractivity contribution in [2.75, 3.05) is 5.32 Å². The average molecular weight is 415 g/mol. The highest BCUT2D eigenvalue weighted by atomic mass is 16.3. The molecule has 3 heterocycles. The summed E-state index contributed by atoms with van der Waals surface area (Å²) >= 11 is 0. The molecule has 31 heavy (non-hydrogen) atoms. The highest BCUT2D eigenvalue weighted by molar-refractivity contribution is 5.91. The van der Waals surface area contributed by atoms with E-state index in [-0.39, 0.29) is 12.5 Å². The Labute approximate surface area is 178 Å². The van der Waals surface area contributed by atoms with Gasteiger partial charge in [-0.05, 0) is 43.7 Å². The Morgan fingerprint density at radius 3 is 2.65 bits per heavy atom. The number of furan rings is 1. The number of hydrogen-bond acceptors (Lipinski definition) is 6. The summed E-state index contributed by atoms with van der Waals surface area (Å²) < 4.78 is 7.29. The van der Waals surface area contributed by atoms with Crippen molar-refractivity contribution >= 4 is 11.7 Å². The van der Waals surface area contributed by atoms with Crippen LogP contribution in [0.3, 0.4) is 0 Å². The number of rotatable bonds is 6. The zero-order valence-electron chi connectivity index (χ0n) is 17.5. The first-order valence-electron chi connectivity index (χ1n) is 9.73. The smallest absolute Gasteiger partial charge is 0.249 e. The second kappa shape index (κ2) is 8.28. The molecule has 1 amide bonds. The van der Waals surface area contributed by atoms with Crippen LogP contribution >= 0.6 is 0 Å². The minimum Gasteiger partial charge on any atom is -0.467 e. The number of nitrogens with one attached hydrogen (secondary N) is 1. The largest absolute Gasteiger partial charge is 0.467 e. The van der Waals surface area contributed by atoms with E-state index in [1.54, 1.807) is 12.3 Å². The average Bonchev–Trinajstić information content (AvgIpc) is 3.47. The van der Waals surface area contributed by atoms with Gasteiger partial charge in [-0.3, -0.25) is 4.79 Å². The van der Waals surface area contributed by atoms with Crippen molar-refractivity contribution < 1.29 is 9.21 Å². The number of benzene rings is 1. The molecule has 1 aromatic carbocycles. The Balaban J connectivity index is 1.54. The standard InChI is InChI=1S/C22H21N7O2/c1-14-6-8-17(9-7-14)21-25-27-29(26-21)13-20(30)24-22-19(11-23)15(2)16(3)28(22)12-18-5-4-10-31-18/h4-10H,12-13H2,1-3H3,(H,24,30). The van der Waals surface area contributed by atoms with Gasteiger partial charge in [-0.1, -0.05) is 29.8 Å². The van der Waals surface area contributed by atoms with E-state index in [1.807, 2.05) is 55.7 Å². The fraction of sp³-hybridized carbons (Fsp3) is 0.227. The van der Waals surface area contributed by atoms with Crippen LogP contribution in [0.5, 0.6) is 0 Å². The number of anilines is 1. The highest BCUT2D eigenvalue weighted by Crippen LogP contribution is 2.27. The number of nitrogens with zero attached hydrogens (tertiary/aromatic N) is 6. The third-order valence-corrected chi connectivity index (χ3v) is 5.14. The molecule has 0 atom stereocenters. The predicted octanol–water partition coefficient (Wildman–Crippen LogP) is 3.22. The molecule has 0 bridgehead atoms. The number of nitriles is 1. The summed E-state index contributed by atoms with van der Waals surface area (Å²) in [7, 11) is 0. The zero-order valence-corrected chi connectivity index (χ0v) is 17.5. The van der Waals surface area contributed by atoms with Crippen molar-refractivity contribution in [3.63, 3.8) is 0 Å². The van der Waals surface area contributed by atoms with E-state index in [2.05, 4.69) is 26.8 Å². The van der Waals surface area contributed by atoms with Gasteiger partial charge in [0.15, 0.2) is 0 Å². The van der Waals surface area contributed by atoms with E-state index in [0.29, 0.717) is 23.8 Å². The lowest BCUT2D eigenvalue weighted by Crippen LogP contribution is -2.23. The molecule has 9 nitrogen and oxygen atoms in total. The number of aryl methyl sites for hydroxylation is 1. The SMILES string of the molecule is Cc1ccc(-c2nnn(CC(=O)Nc3c(C#N)c(C)c(C)n3Cc3ccco3)n2)cc1. The predicted molar refractivity (Wildman–Crippen MR) is 113 cm³/mol. The van der Waals surface area contributed by atoms with Crippen LogP contribution in [-0.4, -0.2) is 30.7 Å². The van der Waals surface area contributed by atoms with Crippen molar-refractivity contribution in [1.29, 1.82) is 5.26 Å². The summed E-state index contributed by atoms with van der Waals surface area (Å²) in [6.45, 7) is 6.03. The molecule has 0 aliphatic rings. The summed E-state index contributed by atoms with van der Waals surface area (Å²) in [6.07, 6.45) is 1.59. The molecule has 0 radical (unpaired) electrons. The van der Waals surface area contributed by atoms with Crippen LogP contribution in [0.2, 0.25) is 0 Å². The van der Waals surface area contributed by atoms with Gasteiger partial charge < -0.3 is 14.3 Å². The van der Waals surface area contributed by atoms with Gasteiger partial charge in [0.1, 0.15) is 24.2 Å². The molecule has 0 aliphatic carbocycles. The fourth-order valence-corrected chi connectivity index (χ4v) is 3.31. The zero-order chi connectivity index (χ0) is 22.0. The maximum atomic E-state index is 12.7. The summed E-state index contributed by atoms with van der Waals surface area (Å²) in [5.41, 5.74) is 4.06. The Bertz CT molecular complexity index is 1260. The van der Waals surface area contributed by atoms with Gasteiger partial charge in [-0.15, -0.1) is 10.2 Å². The van der Waals surface area contributed by atoms with E-state index in [4.69, 9.17) is 4.42 Å². The summed E-state index contributed by atoms with van der Waals surface area (Å²) in [5, 5.41) is 24.8. The maximum Gasteiger partial charge on any atom is 0.249 e. The summed E-state index contributed by atoms with van der Waals surface area (Å²) in [6, 6.07) is 13.6. The molecule has 0 aliphatic heterocycles. The van der Waals surface area contributed by atoms with Crippen molar-refractivity contribution in [2.45, 2.75) is 33.9 Å². The number of carbonyl (C=O) groups excluding carboxylic acids is 1. The Hall–Kier alpha value is -4.19. The lowest BCUT2D eigenvalue weighted by Gasteiger charge is -2.11. The second-order valence-corrected chi connectivity index (χ2v) is 7.27. The molecule has 0 saturated heterocycles. The highest BCUT2D eigenvalue weighted by Gasteiger charge is 2.21. The Kier molecular flexibility index (Phi) is 5.37. The molecule has 156 valence electrons. The van der Waals surface area contributed by atoms with Crippen LogP contribution in [0.15, 0.2) is 47.1 Å². The molecule has 9 heteroatoms.